The molecule has 0 saturated carbocycles. The number of hydrogen-bond acceptors (Lipinski definition) is 9. The molecule has 3 rings (SSSR count). The van der Waals surface area contributed by atoms with Gasteiger partial charge in [-0.3, -0.25) is 10.1 Å². The number of carbonyl (C=O) groups excluding carboxylic acids is 1. The first-order valence-corrected chi connectivity index (χ1v) is 12.3. The lowest BCUT2D eigenvalue weighted by Gasteiger charge is -2.06. The third kappa shape index (κ3) is 5.72. The Morgan fingerprint density at radius 1 is 1.24 bits per heavy atom. The predicted octanol–water partition coefficient (Wildman–Crippen LogP) is 3.71. The van der Waals surface area contributed by atoms with Crippen LogP contribution in [-0.4, -0.2) is 40.2 Å². The maximum Gasteiger partial charge on any atom is 0.277 e. The van der Waals surface area contributed by atoms with Crippen LogP contribution >= 0.6 is 34.7 Å². The normalized spacial score (nSPS) is 11.4. The summed E-state index contributed by atoms with van der Waals surface area (Å²) in [5.74, 6) is -0.0745. The molecule has 2 heterocycles. The Morgan fingerprint density at radius 3 is 2.72 bits per heavy atom. The van der Waals surface area contributed by atoms with Gasteiger partial charge in [0.25, 0.3) is 5.91 Å². The zero-order valence-corrected chi connectivity index (χ0v) is 18.4. The Balaban J connectivity index is 1.70. The monoisotopic (exact) mass is 469 g/mol. The van der Waals surface area contributed by atoms with Crippen molar-refractivity contribution in [2.45, 2.75) is 28.6 Å². The van der Waals surface area contributed by atoms with Gasteiger partial charge in [-0.15, -0.1) is 10.2 Å². The minimum Gasteiger partial charge on any atom is -0.295 e. The average molecular weight is 470 g/mol. The molecule has 0 fully saturated rings. The lowest BCUT2D eigenvalue weighted by atomic mass is 10.2. The van der Waals surface area contributed by atoms with E-state index < -0.39 is 20.9 Å². The summed E-state index contributed by atoms with van der Waals surface area (Å²) in [7, 11) is -3.68. The number of anilines is 1. The number of halogens is 1. The molecule has 0 aliphatic heterocycles. The molecule has 1 amide bonds. The number of nitrogens with zero attached hydrogens (tertiary/aromatic N) is 4. The second kappa shape index (κ2) is 9.61. The predicted molar refractivity (Wildman–Crippen MR) is 113 cm³/mol. The standard InChI is InChI=1S/C17H16ClN5O3S3/c1-2-8-29(25,26)16-19-9-12(18)13(20-16)14(24)21-15-22-23-17(28-15)27-10-11-6-4-3-5-7-11/h3-7,9H,2,8,10H2,1H3,(H,21,22,24). The quantitative estimate of drug-likeness (QED) is 0.301. The van der Waals surface area contributed by atoms with Crippen molar-refractivity contribution in [3.63, 3.8) is 0 Å². The first kappa shape index (κ1) is 21.6. The van der Waals surface area contributed by atoms with Crippen molar-refractivity contribution >= 4 is 55.6 Å². The fourth-order valence-electron chi connectivity index (χ4n) is 2.21. The van der Waals surface area contributed by atoms with Gasteiger partial charge in [-0.05, 0) is 12.0 Å². The van der Waals surface area contributed by atoms with Crippen LogP contribution in [0.25, 0.3) is 0 Å². The summed E-state index contributed by atoms with van der Waals surface area (Å²) in [6.07, 6.45) is 1.51. The summed E-state index contributed by atoms with van der Waals surface area (Å²) < 4.78 is 25.0. The van der Waals surface area contributed by atoms with E-state index in [2.05, 4.69) is 25.5 Å². The lowest BCUT2D eigenvalue weighted by molar-refractivity contribution is 0.102. The molecule has 0 radical (unpaired) electrons. The van der Waals surface area contributed by atoms with Gasteiger partial charge in [0.1, 0.15) is 0 Å². The zero-order chi connectivity index (χ0) is 20.9. The van der Waals surface area contributed by atoms with Crippen molar-refractivity contribution in [2.24, 2.45) is 0 Å². The maximum atomic E-state index is 12.5. The van der Waals surface area contributed by atoms with Crippen LogP contribution in [0.5, 0.6) is 0 Å². The van der Waals surface area contributed by atoms with Crippen LogP contribution in [-0.2, 0) is 15.6 Å². The molecule has 12 heteroatoms. The minimum absolute atomic E-state index is 0.0545. The molecular formula is C17H16ClN5O3S3. The highest BCUT2D eigenvalue weighted by Crippen LogP contribution is 2.28. The third-order valence-electron chi connectivity index (χ3n) is 3.52. The van der Waals surface area contributed by atoms with Gasteiger partial charge in [0.05, 0.1) is 17.0 Å². The van der Waals surface area contributed by atoms with E-state index in [0.29, 0.717) is 10.8 Å². The number of sulfone groups is 1. The summed E-state index contributed by atoms with van der Waals surface area (Å²) in [4.78, 5) is 20.1. The van der Waals surface area contributed by atoms with Gasteiger partial charge in [0.15, 0.2) is 10.0 Å². The largest absolute Gasteiger partial charge is 0.295 e. The van der Waals surface area contributed by atoms with Gasteiger partial charge in [-0.1, -0.05) is 72.0 Å². The number of hydrogen-bond donors (Lipinski definition) is 1. The van der Waals surface area contributed by atoms with E-state index in [0.717, 1.165) is 17.5 Å². The summed E-state index contributed by atoms with van der Waals surface area (Å²) in [6.45, 7) is 1.73. The maximum absolute atomic E-state index is 12.5. The molecule has 0 atom stereocenters. The smallest absolute Gasteiger partial charge is 0.277 e. The van der Waals surface area contributed by atoms with Gasteiger partial charge in [0, 0.05) is 5.75 Å². The van der Waals surface area contributed by atoms with Crippen molar-refractivity contribution in [3.05, 3.63) is 52.8 Å². The minimum atomic E-state index is -3.68. The molecule has 8 nitrogen and oxygen atoms in total. The van der Waals surface area contributed by atoms with Crippen molar-refractivity contribution in [1.29, 1.82) is 0 Å². The molecule has 152 valence electrons. The van der Waals surface area contributed by atoms with Crippen molar-refractivity contribution in [1.82, 2.24) is 20.2 Å². The number of nitrogens with one attached hydrogen (secondary N) is 1. The van der Waals surface area contributed by atoms with Crippen LogP contribution in [0.4, 0.5) is 5.13 Å². The van der Waals surface area contributed by atoms with Gasteiger partial charge in [-0.2, -0.15) is 0 Å². The highest BCUT2D eigenvalue weighted by molar-refractivity contribution is 8.00. The molecule has 2 aromatic heterocycles. The molecular weight excluding hydrogens is 454 g/mol. The fraction of sp³-hybridized carbons (Fsp3) is 0.235. The van der Waals surface area contributed by atoms with E-state index in [4.69, 9.17) is 11.6 Å². The summed E-state index contributed by atoms with van der Waals surface area (Å²) >= 11 is 8.69. The van der Waals surface area contributed by atoms with E-state index in [1.807, 2.05) is 30.3 Å². The topological polar surface area (TPSA) is 115 Å². The molecule has 29 heavy (non-hydrogen) atoms. The summed E-state index contributed by atoms with van der Waals surface area (Å²) in [6, 6.07) is 9.89. The van der Waals surface area contributed by atoms with Crippen LogP contribution in [0.1, 0.15) is 29.4 Å². The first-order valence-electron chi connectivity index (χ1n) is 8.46. The molecule has 0 saturated heterocycles. The molecule has 0 bridgehead atoms. The summed E-state index contributed by atoms with van der Waals surface area (Å²) in [5.41, 5.74) is 0.914. The molecule has 0 aliphatic carbocycles. The molecule has 1 aromatic carbocycles. The molecule has 0 spiro atoms. The van der Waals surface area contributed by atoms with E-state index in [-0.39, 0.29) is 21.6 Å². The molecule has 1 N–H and O–H groups in total. The second-order valence-corrected chi connectivity index (χ2v) is 10.4. The van der Waals surface area contributed by atoms with E-state index in [1.54, 1.807) is 6.92 Å². The second-order valence-electron chi connectivity index (χ2n) is 5.77. The van der Waals surface area contributed by atoms with Gasteiger partial charge < -0.3 is 0 Å². The highest BCUT2D eigenvalue weighted by Gasteiger charge is 2.22. The third-order valence-corrected chi connectivity index (χ3v) is 7.54. The van der Waals surface area contributed by atoms with E-state index >= 15 is 0 Å². The van der Waals surface area contributed by atoms with Gasteiger partial charge in [-0.25, -0.2) is 18.4 Å². The molecule has 0 aliphatic rings. The van der Waals surface area contributed by atoms with Crippen molar-refractivity contribution in [3.8, 4) is 0 Å². The SMILES string of the molecule is CCCS(=O)(=O)c1ncc(Cl)c(C(=O)Nc2nnc(SCc3ccccc3)s2)n1. The number of carbonyl (C=O) groups is 1. The zero-order valence-electron chi connectivity index (χ0n) is 15.2. The van der Waals surface area contributed by atoms with E-state index in [9.17, 15) is 13.2 Å². The number of amides is 1. The Morgan fingerprint density at radius 2 is 2.00 bits per heavy atom. The average Bonchev–Trinajstić information content (AvgIpc) is 3.14. The highest BCUT2D eigenvalue weighted by atomic mass is 35.5. The number of thioether (sulfide) groups is 1. The first-order chi connectivity index (χ1) is 13.9. The number of aromatic nitrogens is 4. The van der Waals surface area contributed by atoms with Crippen LogP contribution in [0.15, 0.2) is 46.0 Å². The fourth-order valence-corrected chi connectivity index (χ4v) is 5.26. The molecule has 0 unspecified atom stereocenters. The van der Waals surface area contributed by atoms with Crippen molar-refractivity contribution < 1.29 is 13.2 Å². The van der Waals surface area contributed by atoms with Crippen LogP contribution < -0.4 is 5.32 Å². The number of benzene rings is 1. The van der Waals surface area contributed by atoms with Crippen LogP contribution in [0.3, 0.4) is 0 Å². The molecule has 3 aromatic rings. The number of rotatable bonds is 8. The Labute approximate surface area is 181 Å². The van der Waals surface area contributed by atoms with Gasteiger partial charge in [0.2, 0.25) is 20.1 Å². The van der Waals surface area contributed by atoms with Crippen molar-refractivity contribution in [2.75, 3.05) is 11.1 Å². The lowest BCUT2D eigenvalue weighted by Crippen LogP contribution is -2.18. The Hall–Kier alpha value is -2.08. The Bertz CT molecular complexity index is 1110. The van der Waals surface area contributed by atoms with Gasteiger partial charge >= 0.3 is 0 Å². The van der Waals surface area contributed by atoms with Crippen LogP contribution in [0.2, 0.25) is 5.02 Å². The van der Waals surface area contributed by atoms with Crippen LogP contribution in [0, 0.1) is 0 Å². The summed E-state index contributed by atoms with van der Waals surface area (Å²) in [5, 5.41) is 10.3. The Kier molecular flexibility index (Phi) is 7.17. The van der Waals surface area contributed by atoms with E-state index in [1.165, 1.54) is 23.1 Å².